The molecule has 0 unspecified atom stereocenters. The number of phenols is 1. The number of rotatable bonds is 1. The van der Waals surface area contributed by atoms with Crippen LogP contribution in [0.25, 0.3) is 0 Å². The molecule has 0 atom stereocenters. The first kappa shape index (κ1) is 9.58. The largest absolute Gasteiger partial charge is 0.504 e. The lowest BCUT2D eigenvalue weighted by atomic mass is 10.1. The van der Waals surface area contributed by atoms with E-state index < -0.39 is 5.97 Å². The van der Waals surface area contributed by atoms with E-state index in [9.17, 15) is 9.90 Å². The van der Waals surface area contributed by atoms with E-state index in [1.54, 1.807) is 13.0 Å². The Bertz CT molecular complexity index is 342. The molecule has 0 fully saturated rings. The normalized spacial score (nSPS) is 9.77. The van der Waals surface area contributed by atoms with Crippen LogP contribution in [0.4, 0.5) is 0 Å². The van der Waals surface area contributed by atoms with Gasteiger partial charge in [0.1, 0.15) is 0 Å². The quantitative estimate of drug-likeness (QED) is 0.530. The fraction of sp³-hybridized carbons (Fsp3) is 0.300. The summed E-state index contributed by atoms with van der Waals surface area (Å²) in [5, 5.41) is 9.49. The summed E-state index contributed by atoms with van der Waals surface area (Å²) >= 11 is 0. The van der Waals surface area contributed by atoms with Crippen LogP contribution in [0.5, 0.6) is 11.5 Å². The smallest absolute Gasteiger partial charge is 0.308 e. The van der Waals surface area contributed by atoms with E-state index in [2.05, 4.69) is 0 Å². The van der Waals surface area contributed by atoms with E-state index >= 15 is 0 Å². The maximum atomic E-state index is 10.7. The second kappa shape index (κ2) is 3.47. The molecule has 0 saturated heterocycles. The van der Waals surface area contributed by atoms with Gasteiger partial charge in [-0.05, 0) is 31.0 Å². The Morgan fingerprint density at radius 2 is 2.00 bits per heavy atom. The lowest BCUT2D eigenvalue weighted by Gasteiger charge is -2.07. The third-order valence-electron chi connectivity index (χ3n) is 1.66. The summed E-state index contributed by atoms with van der Waals surface area (Å²) in [5.74, 6) is -0.175. The van der Waals surface area contributed by atoms with Crippen LogP contribution in [0.1, 0.15) is 18.1 Å². The molecule has 0 saturated carbocycles. The molecule has 0 aliphatic heterocycles. The number of esters is 1. The molecule has 0 bridgehead atoms. The van der Waals surface area contributed by atoms with Crippen molar-refractivity contribution >= 4 is 5.97 Å². The Balaban J connectivity index is 3.12. The van der Waals surface area contributed by atoms with Crippen LogP contribution in [-0.2, 0) is 4.79 Å². The molecule has 0 spiro atoms. The molecule has 0 amide bonds. The van der Waals surface area contributed by atoms with E-state index in [0.717, 1.165) is 5.56 Å². The molecule has 1 aromatic carbocycles. The summed E-state index contributed by atoms with van der Waals surface area (Å²) in [6, 6.07) is 3.45. The molecule has 0 radical (unpaired) electrons. The summed E-state index contributed by atoms with van der Waals surface area (Å²) in [7, 11) is 0. The number of benzene rings is 1. The van der Waals surface area contributed by atoms with Gasteiger partial charge in [-0.2, -0.15) is 0 Å². The molecule has 70 valence electrons. The van der Waals surface area contributed by atoms with Gasteiger partial charge in [0.15, 0.2) is 11.5 Å². The molecule has 3 nitrogen and oxygen atoms in total. The van der Waals surface area contributed by atoms with Gasteiger partial charge in [-0.1, -0.05) is 6.07 Å². The lowest BCUT2D eigenvalue weighted by Crippen LogP contribution is -2.02. The van der Waals surface area contributed by atoms with Gasteiger partial charge in [-0.3, -0.25) is 4.79 Å². The highest BCUT2D eigenvalue weighted by atomic mass is 16.5. The molecule has 0 aliphatic carbocycles. The van der Waals surface area contributed by atoms with Crippen molar-refractivity contribution in [3.8, 4) is 11.5 Å². The van der Waals surface area contributed by atoms with Crippen molar-refractivity contribution in [1.82, 2.24) is 0 Å². The zero-order valence-electron chi connectivity index (χ0n) is 7.92. The first-order valence-corrected chi connectivity index (χ1v) is 3.99. The topological polar surface area (TPSA) is 46.5 Å². The number of aromatic hydroxyl groups is 1. The fourth-order valence-electron chi connectivity index (χ4n) is 1.15. The summed E-state index contributed by atoms with van der Waals surface area (Å²) in [6.07, 6.45) is 0. The van der Waals surface area contributed by atoms with Gasteiger partial charge < -0.3 is 9.84 Å². The first-order chi connectivity index (χ1) is 6.00. The van der Waals surface area contributed by atoms with E-state index in [4.69, 9.17) is 4.74 Å². The van der Waals surface area contributed by atoms with Crippen molar-refractivity contribution in [2.45, 2.75) is 20.8 Å². The van der Waals surface area contributed by atoms with Gasteiger partial charge in [0, 0.05) is 6.92 Å². The molecular weight excluding hydrogens is 168 g/mol. The van der Waals surface area contributed by atoms with Gasteiger partial charge in [-0.25, -0.2) is 0 Å². The van der Waals surface area contributed by atoms with Crippen LogP contribution in [-0.4, -0.2) is 11.1 Å². The zero-order valence-corrected chi connectivity index (χ0v) is 7.92. The summed E-state index contributed by atoms with van der Waals surface area (Å²) in [6.45, 7) is 4.94. The van der Waals surface area contributed by atoms with Gasteiger partial charge in [0.2, 0.25) is 0 Å². The third-order valence-corrected chi connectivity index (χ3v) is 1.66. The fourth-order valence-corrected chi connectivity index (χ4v) is 1.15. The predicted molar refractivity (Wildman–Crippen MR) is 48.9 cm³/mol. The first-order valence-electron chi connectivity index (χ1n) is 3.99. The van der Waals surface area contributed by atoms with Crippen molar-refractivity contribution in [3.05, 3.63) is 23.3 Å². The minimum Gasteiger partial charge on any atom is -0.504 e. The van der Waals surface area contributed by atoms with Crippen molar-refractivity contribution in [3.63, 3.8) is 0 Å². The van der Waals surface area contributed by atoms with Crippen LogP contribution in [0.15, 0.2) is 12.1 Å². The highest BCUT2D eigenvalue weighted by Crippen LogP contribution is 2.30. The van der Waals surface area contributed by atoms with E-state index in [1.165, 1.54) is 6.92 Å². The monoisotopic (exact) mass is 180 g/mol. The number of carbonyl (C=O) groups excluding carboxylic acids is 1. The maximum Gasteiger partial charge on any atom is 0.308 e. The van der Waals surface area contributed by atoms with Crippen LogP contribution in [0.3, 0.4) is 0 Å². The summed E-state index contributed by atoms with van der Waals surface area (Å²) < 4.78 is 4.82. The second-order valence-electron chi connectivity index (χ2n) is 3.02. The van der Waals surface area contributed by atoms with E-state index in [-0.39, 0.29) is 11.5 Å². The van der Waals surface area contributed by atoms with Crippen LogP contribution in [0, 0.1) is 13.8 Å². The molecule has 1 N–H and O–H groups in total. The second-order valence-corrected chi connectivity index (χ2v) is 3.02. The number of aryl methyl sites for hydroxylation is 2. The number of hydrogen-bond donors (Lipinski definition) is 1. The minimum absolute atomic E-state index is 0.0285. The molecule has 13 heavy (non-hydrogen) atoms. The highest BCUT2D eigenvalue weighted by molar-refractivity contribution is 5.70. The summed E-state index contributed by atoms with van der Waals surface area (Å²) in [4.78, 5) is 10.7. The SMILES string of the molecule is CC(=O)Oc1cc(C)cc(C)c1O. The van der Waals surface area contributed by atoms with Gasteiger partial charge >= 0.3 is 5.97 Å². The standard InChI is InChI=1S/C10H12O3/c1-6-4-7(2)10(12)9(5-6)13-8(3)11/h4-5,12H,1-3H3. The van der Waals surface area contributed by atoms with E-state index in [0.29, 0.717) is 5.56 Å². The molecule has 0 heterocycles. The van der Waals surface area contributed by atoms with Crippen LogP contribution in [0.2, 0.25) is 0 Å². The molecular formula is C10H12O3. The van der Waals surface area contributed by atoms with Gasteiger partial charge in [0.25, 0.3) is 0 Å². The average molecular weight is 180 g/mol. The maximum absolute atomic E-state index is 10.7. The Labute approximate surface area is 77.0 Å². The molecule has 1 rings (SSSR count). The van der Waals surface area contributed by atoms with Gasteiger partial charge in [0.05, 0.1) is 0 Å². The molecule has 0 aromatic heterocycles. The van der Waals surface area contributed by atoms with Crippen LogP contribution < -0.4 is 4.74 Å². The van der Waals surface area contributed by atoms with E-state index in [1.807, 2.05) is 13.0 Å². The highest BCUT2D eigenvalue weighted by Gasteiger charge is 2.08. The third kappa shape index (κ3) is 2.21. The molecule has 3 heteroatoms. The Morgan fingerprint density at radius 1 is 1.38 bits per heavy atom. The number of carbonyl (C=O) groups is 1. The zero-order chi connectivity index (χ0) is 10.0. The number of phenolic OH excluding ortho intramolecular Hbond substituents is 1. The Kier molecular flexibility index (Phi) is 2.56. The minimum atomic E-state index is -0.430. The molecule has 1 aromatic rings. The van der Waals surface area contributed by atoms with Crippen molar-refractivity contribution in [2.75, 3.05) is 0 Å². The van der Waals surface area contributed by atoms with Gasteiger partial charge in [-0.15, -0.1) is 0 Å². The van der Waals surface area contributed by atoms with Crippen molar-refractivity contribution in [1.29, 1.82) is 0 Å². The predicted octanol–water partition coefficient (Wildman–Crippen LogP) is 1.93. The Morgan fingerprint density at radius 3 is 2.54 bits per heavy atom. The van der Waals surface area contributed by atoms with Crippen LogP contribution >= 0.6 is 0 Å². The number of ether oxygens (including phenoxy) is 1. The van der Waals surface area contributed by atoms with Crippen molar-refractivity contribution < 1.29 is 14.6 Å². The average Bonchev–Trinajstić information content (AvgIpc) is 1.98. The molecule has 0 aliphatic rings. The van der Waals surface area contributed by atoms with Crippen molar-refractivity contribution in [2.24, 2.45) is 0 Å². The number of hydrogen-bond acceptors (Lipinski definition) is 3. The summed E-state index contributed by atoms with van der Waals surface area (Å²) in [5.41, 5.74) is 1.66. The Hall–Kier alpha value is -1.51. The lowest BCUT2D eigenvalue weighted by molar-refractivity contribution is -0.132.